The van der Waals surface area contributed by atoms with Crippen molar-refractivity contribution in [3.8, 4) is 5.75 Å². The summed E-state index contributed by atoms with van der Waals surface area (Å²) in [5.41, 5.74) is 1.17. The molecule has 3 rings (SSSR count). The molecule has 6 nitrogen and oxygen atoms in total. The van der Waals surface area contributed by atoms with Crippen LogP contribution in [0.4, 0.5) is 0 Å². The van der Waals surface area contributed by atoms with Crippen molar-refractivity contribution >= 4 is 17.3 Å². The second-order valence-electron chi connectivity index (χ2n) is 7.64. The Morgan fingerprint density at radius 3 is 2.83 bits per heavy atom. The van der Waals surface area contributed by atoms with Gasteiger partial charge < -0.3 is 20.1 Å². The third kappa shape index (κ3) is 7.63. The third-order valence-corrected chi connectivity index (χ3v) is 6.07. The molecule has 0 bridgehead atoms. The number of rotatable bonds is 9. The van der Waals surface area contributed by atoms with Crippen molar-refractivity contribution in [1.82, 2.24) is 15.5 Å². The van der Waals surface area contributed by atoms with E-state index in [0.717, 1.165) is 51.0 Å². The highest BCUT2D eigenvalue weighted by atomic mass is 32.1. The molecule has 164 valence electrons. The maximum absolute atomic E-state index is 5.96. The molecule has 1 aromatic carbocycles. The van der Waals surface area contributed by atoms with E-state index in [2.05, 4.69) is 58.6 Å². The Kier molecular flexibility index (Phi) is 8.99. The number of aliphatic imine (C=N–C) groups is 1. The van der Waals surface area contributed by atoms with Gasteiger partial charge in [0.25, 0.3) is 0 Å². The van der Waals surface area contributed by atoms with Gasteiger partial charge in [0.1, 0.15) is 12.4 Å². The Bertz CT molecular complexity index is 802. The summed E-state index contributed by atoms with van der Waals surface area (Å²) in [5, 5.41) is 6.89. The van der Waals surface area contributed by atoms with Gasteiger partial charge in [-0.25, -0.2) is 0 Å². The molecule has 30 heavy (non-hydrogen) atoms. The van der Waals surface area contributed by atoms with Crippen molar-refractivity contribution in [1.29, 1.82) is 0 Å². The van der Waals surface area contributed by atoms with Crippen LogP contribution in [0.2, 0.25) is 0 Å². The summed E-state index contributed by atoms with van der Waals surface area (Å²) < 4.78 is 11.3. The van der Waals surface area contributed by atoms with E-state index in [1.54, 1.807) is 0 Å². The standard InChI is InChI=1S/C23H34N4O2S/c1-18(15-22-8-7-19(2)30-22)26-23(24-3)25-17-20-5-4-6-21(16-20)29-14-11-27-9-12-28-13-10-27/h4-8,16,18H,9-15,17H2,1-3H3,(H2,24,25,26). The number of thiophene rings is 1. The molecular formula is C23H34N4O2S. The highest BCUT2D eigenvalue weighted by Gasteiger charge is 2.10. The summed E-state index contributed by atoms with van der Waals surface area (Å²) in [6, 6.07) is 12.9. The van der Waals surface area contributed by atoms with Crippen molar-refractivity contribution in [2.45, 2.75) is 32.9 Å². The van der Waals surface area contributed by atoms with Gasteiger partial charge in [-0.15, -0.1) is 11.3 Å². The first-order valence-corrected chi connectivity index (χ1v) is 11.5. The first kappa shape index (κ1) is 22.6. The van der Waals surface area contributed by atoms with E-state index in [1.807, 2.05) is 30.5 Å². The van der Waals surface area contributed by atoms with Crippen LogP contribution in [0.5, 0.6) is 5.75 Å². The minimum absolute atomic E-state index is 0.309. The summed E-state index contributed by atoms with van der Waals surface area (Å²) in [7, 11) is 1.81. The smallest absolute Gasteiger partial charge is 0.191 e. The summed E-state index contributed by atoms with van der Waals surface area (Å²) >= 11 is 1.85. The third-order valence-electron chi connectivity index (χ3n) is 5.05. The van der Waals surface area contributed by atoms with Gasteiger partial charge in [-0.2, -0.15) is 0 Å². The van der Waals surface area contributed by atoms with Crippen LogP contribution in [-0.4, -0.2) is 63.4 Å². The molecule has 0 saturated carbocycles. The fraction of sp³-hybridized carbons (Fsp3) is 0.522. The molecule has 0 amide bonds. The molecule has 1 saturated heterocycles. The van der Waals surface area contributed by atoms with Crippen LogP contribution in [0.3, 0.4) is 0 Å². The summed E-state index contributed by atoms with van der Waals surface area (Å²) in [5.74, 6) is 1.72. The molecule has 2 aromatic rings. The molecular weight excluding hydrogens is 396 g/mol. The maximum atomic E-state index is 5.96. The average Bonchev–Trinajstić information content (AvgIpc) is 3.16. The molecule has 7 heteroatoms. The molecule has 0 radical (unpaired) electrons. The Balaban J connectivity index is 1.41. The van der Waals surface area contributed by atoms with Crippen molar-refractivity contribution < 1.29 is 9.47 Å². The Morgan fingerprint density at radius 1 is 1.27 bits per heavy atom. The van der Waals surface area contributed by atoms with E-state index < -0.39 is 0 Å². The zero-order chi connectivity index (χ0) is 21.2. The predicted molar refractivity (Wildman–Crippen MR) is 125 cm³/mol. The van der Waals surface area contributed by atoms with E-state index in [-0.39, 0.29) is 0 Å². The first-order chi connectivity index (χ1) is 14.6. The highest BCUT2D eigenvalue weighted by Crippen LogP contribution is 2.17. The van der Waals surface area contributed by atoms with Gasteiger partial charge in [-0.1, -0.05) is 12.1 Å². The van der Waals surface area contributed by atoms with Crippen LogP contribution in [0.15, 0.2) is 41.4 Å². The molecule has 2 heterocycles. The summed E-state index contributed by atoms with van der Waals surface area (Å²) in [6.07, 6.45) is 0.992. The van der Waals surface area contributed by atoms with Crippen molar-refractivity contribution in [3.63, 3.8) is 0 Å². The molecule has 0 aliphatic carbocycles. The normalized spacial score (nSPS) is 16.3. The molecule has 1 aliphatic heterocycles. The van der Waals surface area contributed by atoms with Crippen LogP contribution >= 0.6 is 11.3 Å². The SMILES string of the molecule is CN=C(NCc1cccc(OCCN2CCOCC2)c1)NC(C)Cc1ccc(C)s1. The van der Waals surface area contributed by atoms with Gasteiger partial charge >= 0.3 is 0 Å². The van der Waals surface area contributed by atoms with Crippen LogP contribution in [0, 0.1) is 6.92 Å². The fourth-order valence-electron chi connectivity index (χ4n) is 3.42. The second-order valence-corrected chi connectivity index (χ2v) is 9.01. The topological polar surface area (TPSA) is 58.1 Å². The van der Waals surface area contributed by atoms with Gasteiger partial charge in [0.2, 0.25) is 0 Å². The zero-order valence-electron chi connectivity index (χ0n) is 18.3. The van der Waals surface area contributed by atoms with Crippen molar-refractivity contribution in [2.24, 2.45) is 4.99 Å². The number of hydrogen-bond donors (Lipinski definition) is 2. The van der Waals surface area contributed by atoms with E-state index in [9.17, 15) is 0 Å². The quantitative estimate of drug-likeness (QED) is 0.473. The number of nitrogens with zero attached hydrogens (tertiary/aromatic N) is 2. The van der Waals surface area contributed by atoms with Crippen molar-refractivity contribution in [2.75, 3.05) is 46.5 Å². The number of nitrogens with one attached hydrogen (secondary N) is 2. The van der Waals surface area contributed by atoms with Gasteiger partial charge in [-0.05, 0) is 43.7 Å². The van der Waals surface area contributed by atoms with Crippen LogP contribution in [-0.2, 0) is 17.7 Å². The molecule has 1 unspecified atom stereocenters. The Labute approximate surface area is 184 Å². The summed E-state index contributed by atoms with van der Waals surface area (Å²) in [6.45, 7) is 10.3. The number of hydrogen-bond acceptors (Lipinski definition) is 5. The lowest BCUT2D eigenvalue weighted by atomic mass is 10.2. The minimum atomic E-state index is 0.309. The minimum Gasteiger partial charge on any atom is -0.492 e. The molecule has 0 spiro atoms. The van der Waals surface area contributed by atoms with Gasteiger partial charge in [0, 0.05) is 55.4 Å². The largest absolute Gasteiger partial charge is 0.492 e. The monoisotopic (exact) mass is 430 g/mol. The number of benzene rings is 1. The molecule has 1 aromatic heterocycles. The van der Waals surface area contributed by atoms with Gasteiger partial charge in [0.15, 0.2) is 5.96 Å². The zero-order valence-corrected chi connectivity index (χ0v) is 19.1. The van der Waals surface area contributed by atoms with Crippen molar-refractivity contribution in [3.05, 3.63) is 51.7 Å². The lowest BCUT2D eigenvalue weighted by Gasteiger charge is -2.26. The second kappa shape index (κ2) is 11.9. The number of guanidine groups is 1. The molecule has 2 N–H and O–H groups in total. The number of morpholine rings is 1. The lowest BCUT2D eigenvalue weighted by molar-refractivity contribution is 0.0322. The van der Waals surface area contributed by atoms with E-state index in [1.165, 1.54) is 15.3 Å². The number of aryl methyl sites for hydroxylation is 1. The first-order valence-electron chi connectivity index (χ1n) is 10.7. The molecule has 1 aliphatic rings. The maximum Gasteiger partial charge on any atom is 0.191 e. The summed E-state index contributed by atoms with van der Waals surface area (Å²) in [4.78, 5) is 9.49. The van der Waals surface area contributed by atoms with Gasteiger partial charge in [0.05, 0.1) is 13.2 Å². The van der Waals surface area contributed by atoms with Crippen LogP contribution in [0.25, 0.3) is 0 Å². The van der Waals surface area contributed by atoms with E-state index >= 15 is 0 Å². The lowest BCUT2D eigenvalue weighted by Crippen LogP contribution is -2.42. The van der Waals surface area contributed by atoms with Crippen LogP contribution in [0.1, 0.15) is 22.2 Å². The van der Waals surface area contributed by atoms with E-state index in [4.69, 9.17) is 9.47 Å². The van der Waals surface area contributed by atoms with Gasteiger partial charge in [-0.3, -0.25) is 9.89 Å². The highest BCUT2D eigenvalue weighted by molar-refractivity contribution is 7.11. The predicted octanol–water partition coefficient (Wildman–Crippen LogP) is 3.06. The fourth-order valence-corrected chi connectivity index (χ4v) is 4.44. The molecule has 1 fully saturated rings. The number of ether oxygens (including phenoxy) is 2. The molecule has 1 atom stereocenters. The van der Waals surface area contributed by atoms with E-state index in [0.29, 0.717) is 19.2 Å². The Hall–Kier alpha value is -2.09. The average molecular weight is 431 g/mol. The van der Waals surface area contributed by atoms with Crippen LogP contribution < -0.4 is 15.4 Å². The Morgan fingerprint density at radius 2 is 2.10 bits per heavy atom.